The summed E-state index contributed by atoms with van der Waals surface area (Å²) in [4.78, 5) is 16.4. The molecule has 0 saturated carbocycles. The smallest absolute Gasteiger partial charge is 0.254 e. The predicted molar refractivity (Wildman–Crippen MR) is 64.5 cm³/mol. The number of aromatic nitrogens is 1. The fourth-order valence-corrected chi connectivity index (χ4v) is 2.06. The first-order valence-electron chi connectivity index (χ1n) is 5.38. The van der Waals surface area contributed by atoms with Crippen LogP contribution in [-0.2, 0) is 6.42 Å². The number of benzene rings is 1. The molecule has 0 unspecified atom stereocenters. The molecule has 0 spiro atoms. The first-order chi connectivity index (χ1) is 9.09. The third-order valence-electron chi connectivity index (χ3n) is 2.42. The average molecular weight is 286 g/mol. The molecule has 0 bridgehead atoms. The lowest BCUT2D eigenvalue weighted by Gasteiger charge is -2.06. The van der Waals surface area contributed by atoms with E-state index in [-0.39, 0.29) is 6.54 Å². The highest BCUT2D eigenvalue weighted by Crippen LogP contribution is 2.15. The van der Waals surface area contributed by atoms with Gasteiger partial charge in [-0.05, 0) is 12.1 Å². The minimum atomic E-state index is -1.64. The SMILES string of the molecule is O=C(NCCc1cncs1)c1ccc(F)c(F)c1F. The van der Waals surface area contributed by atoms with Gasteiger partial charge >= 0.3 is 0 Å². The van der Waals surface area contributed by atoms with Crippen molar-refractivity contribution in [2.45, 2.75) is 6.42 Å². The van der Waals surface area contributed by atoms with E-state index in [2.05, 4.69) is 10.3 Å². The molecule has 1 amide bonds. The average Bonchev–Trinajstić information content (AvgIpc) is 2.89. The molecule has 0 saturated heterocycles. The molecule has 0 aliphatic heterocycles. The van der Waals surface area contributed by atoms with E-state index >= 15 is 0 Å². The van der Waals surface area contributed by atoms with Crippen LogP contribution in [0.5, 0.6) is 0 Å². The second kappa shape index (κ2) is 5.83. The van der Waals surface area contributed by atoms with Crippen molar-refractivity contribution < 1.29 is 18.0 Å². The van der Waals surface area contributed by atoms with Crippen molar-refractivity contribution in [2.24, 2.45) is 0 Å². The normalized spacial score (nSPS) is 10.5. The van der Waals surface area contributed by atoms with Gasteiger partial charge in [-0.25, -0.2) is 13.2 Å². The highest BCUT2D eigenvalue weighted by Gasteiger charge is 2.18. The molecule has 100 valence electrons. The van der Waals surface area contributed by atoms with Crippen LogP contribution in [0.15, 0.2) is 23.8 Å². The van der Waals surface area contributed by atoms with E-state index in [9.17, 15) is 18.0 Å². The van der Waals surface area contributed by atoms with Crippen molar-refractivity contribution in [1.29, 1.82) is 0 Å². The third kappa shape index (κ3) is 3.11. The van der Waals surface area contributed by atoms with E-state index in [0.717, 1.165) is 17.0 Å². The van der Waals surface area contributed by atoms with Gasteiger partial charge in [-0.1, -0.05) is 0 Å². The first-order valence-corrected chi connectivity index (χ1v) is 6.26. The van der Waals surface area contributed by atoms with Gasteiger partial charge in [0.2, 0.25) is 0 Å². The van der Waals surface area contributed by atoms with Gasteiger partial charge in [0.05, 0.1) is 11.1 Å². The van der Waals surface area contributed by atoms with Crippen LogP contribution in [0.3, 0.4) is 0 Å². The standard InChI is InChI=1S/C12H9F3N2OS/c13-9-2-1-8(10(14)11(9)15)12(18)17-4-3-7-5-16-6-19-7/h1-2,5-6H,3-4H2,(H,17,18). The Morgan fingerprint density at radius 3 is 2.74 bits per heavy atom. The molecule has 19 heavy (non-hydrogen) atoms. The summed E-state index contributed by atoms with van der Waals surface area (Å²) in [5.41, 5.74) is 1.15. The molecule has 0 radical (unpaired) electrons. The van der Waals surface area contributed by atoms with Gasteiger partial charge in [-0.3, -0.25) is 9.78 Å². The van der Waals surface area contributed by atoms with Crippen LogP contribution < -0.4 is 5.32 Å². The molecule has 1 aromatic heterocycles. The van der Waals surface area contributed by atoms with E-state index in [4.69, 9.17) is 0 Å². The zero-order valence-corrected chi connectivity index (χ0v) is 10.4. The third-order valence-corrected chi connectivity index (χ3v) is 3.26. The van der Waals surface area contributed by atoms with Crippen LogP contribution in [0.2, 0.25) is 0 Å². The van der Waals surface area contributed by atoms with Crippen LogP contribution in [0, 0.1) is 17.5 Å². The minimum Gasteiger partial charge on any atom is -0.352 e. The topological polar surface area (TPSA) is 42.0 Å². The molecular formula is C12H9F3N2OS. The quantitative estimate of drug-likeness (QED) is 0.878. The van der Waals surface area contributed by atoms with Crippen molar-refractivity contribution in [3.8, 4) is 0 Å². The van der Waals surface area contributed by atoms with Gasteiger partial charge in [-0.15, -0.1) is 11.3 Å². The Balaban J connectivity index is 1.98. The predicted octanol–water partition coefficient (Wildman–Crippen LogP) is 2.53. The lowest BCUT2D eigenvalue weighted by molar-refractivity contribution is 0.0949. The Bertz CT molecular complexity index is 587. The molecule has 7 heteroatoms. The maximum Gasteiger partial charge on any atom is 0.254 e. The summed E-state index contributed by atoms with van der Waals surface area (Å²) in [7, 11) is 0. The fourth-order valence-electron chi connectivity index (χ4n) is 1.46. The summed E-state index contributed by atoms with van der Waals surface area (Å²) in [5.74, 6) is -5.22. The minimum absolute atomic E-state index is 0.263. The highest BCUT2D eigenvalue weighted by atomic mass is 32.1. The summed E-state index contributed by atoms with van der Waals surface area (Å²) >= 11 is 1.43. The van der Waals surface area contributed by atoms with Crippen molar-refractivity contribution in [3.05, 3.63) is 51.7 Å². The maximum absolute atomic E-state index is 13.3. The van der Waals surface area contributed by atoms with Gasteiger partial charge in [0.1, 0.15) is 0 Å². The van der Waals surface area contributed by atoms with Crippen LogP contribution >= 0.6 is 11.3 Å². The summed E-state index contributed by atoms with van der Waals surface area (Å²) in [5, 5.41) is 2.44. The molecule has 0 aliphatic rings. The molecule has 1 heterocycles. The number of nitrogens with zero attached hydrogens (tertiary/aromatic N) is 1. The van der Waals surface area contributed by atoms with E-state index in [1.165, 1.54) is 11.3 Å². The van der Waals surface area contributed by atoms with Crippen LogP contribution in [-0.4, -0.2) is 17.4 Å². The van der Waals surface area contributed by atoms with E-state index in [1.807, 2.05) is 0 Å². The summed E-state index contributed by atoms with van der Waals surface area (Å²) in [6.07, 6.45) is 2.21. The Morgan fingerprint density at radius 2 is 2.05 bits per heavy atom. The molecule has 0 fully saturated rings. The first kappa shape index (κ1) is 13.5. The van der Waals surface area contributed by atoms with Crippen LogP contribution in [0.25, 0.3) is 0 Å². The Morgan fingerprint density at radius 1 is 1.26 bits per heavy atom. The zero-order chi connectivity index (χ0) is 13.8. The molecule has 2 aromatic rings. The van der Waals surface area contributed by atoms with Gasteiger partial charge in [0.25, 0.3) is 5.91 Å². The molecule has 3 nitrogen and oxygen atoms in total. The molecule has 1 N–H and O–H groups in total. The molecule has 1 aromatic carbocycles. The second-order valence-electron chi connectivity index (χ2n) is 3.70. The zero-order valence-electron chi connectivity index (χ0n) is 9.62. The summed E-state index contributed by atoms with van der Waals surface area (Å²) in [6, 6.07) is 1.63. The van der Waals surface area contributed by atoms with E-state index in [0.29, 0.717) is 6.42 Å². The number of thiazole rings is 1. The number of rotatable bonds is 4. The number of hydrogen-bond acceptors (Lipinski definition) is 3. The number of carbonyl (C=O) groups excluding carboxylic acids is 1. The van der Waals surface area contributed by atoms with Crippen molar-refractivity contribution in [2.75, 3.05) is 6.54 Å². The van der Waals surface area contributed by atoms with Crippen molar-refractivity contribution >= 4 is 17.2 Å². The molecule has 2 rings (SSSR count). The van der Waals surface area contributed by atoms with Gasteiger partial charge in [0, 0.05) is 24.0 Å². The van der Waals surface area contributed by atoms with Gasteiger partial charge in [0.15, 0.2) is 17.5 Å². The lowest BCUT2D eigenvalue weighted by atomic mass is 10.2. The second-order valence-corrected chi connectivity index (χ2v) is 4.67. The van der Waals surface area contributed by atoms with Crippen molar-refractivity contribution in [3.63, 3.8) is 0 Å². The number of hydrogen-bond donors (Lipinski definition) is 1. The molecular weight excluding hydrogens is 277 g/mol. The number of nitrogens with one attached hydrogen (secondary N) is 1. The fraction of sp³-hybridized carbons (Fsp3) is 0.167. The van der Waals surface area contributed by atoms with E-state index in [1.54, 1.807) is 11.7 Å². The Labute approximate surface area is 111 Å². The number of carbonyl (C=O) groups is 1. The summed E-state index contributed by atoms with van der Waals surface area (Å²) in [6.45, 7) is 0.263. The summed E-state index contributed by atoms with van der Waals surface area (Å²) < 4.78 is 39.0. The number of halogens is 3. The maximum atomic E-state index is 13.3. The Hall–Kier alpha value is -1.89. The monoisotopic (exact) mass is 286 g/mol. The largest absolute Gasteiger partial charge is 0.352 e. The van der Waals surface area contributed by atoms with Crippen LogP contribution in [0.1, 0.15) is 15.2 Å². The van der Waals surface area contributed by atoms with Crippen LogP contribution in [0.4, 0.5) is 13.2 Å². The number of amides is 1. The highest BCUT2D eigenvalue weighted by molar-refractivity contribution is 7.09. The van der Waals surface area contributed by atoms with E-state index < -0.39 is 28.9 Å². The Kier molecular flexibility index (Phi) is 4.16. The van der Waals surface area contributed by atoms with Gasteiger partial charge in [-0.2, -0.15) is 0 Å². The van der Waals surface area contributed by atoms with Gasteiger partial charge < -0.3 is 5.32 Å². The molecule has 0 aliphatic carbocycles. The molecule has 0 atom stereocenters. The lowest BCUT2D eigenvalue weighted by Crippen LogP contribution is -2.26. The van der Waals surface area contributed by atoms with Crippen molar-refractivity contribution in [1.82, 2.24) is 10.3 Å².